The van der Waals surface area contributed by atoms with Crippen molar-refractivity contribution in [2.75, 3.05) is 18.4 Å². The Bertz CT molecular complexity index is 1040. The average molecular weight is 418 g/mol. The lowest BCUT2D eigenvalue weighted by molar-refractivity contribution is -0.137. The molecule has 1 spiro atoms. The topological polar surface area (TPSA) is 86.7 Å². The number of carbonyl (C=O) groups excluding carboxylic acids is 2. The van der Waals surface area contributed by atoms with Crippen LogP contribution in [0.5, 0.6) is 0 Å². The third-order valence-corrected chi connectivity index (χ3v) is 5.83. The lowest BCUT2D eigenvalue weighted by Crippen LogP contribution is -2.48. The molecular formula is C21H17F3N2O4. The predicted octanol–water partition coefficient (Wildman–Crippen LogP) is 3.53. The average Bonchev–Trinajstić information content (AvgIpc) is 2.98. The van der Waals surface area contributed by atoms with Crippen LogP contribution in [0.2, 0.25) is 0 Å². The minimum Gasteiger partial charge on any atom is -0.478 e. The summed E-state index contributed by atoms with van der Waals surface area (Å²) in [4.78, 5) is 38.2. The third kappa shape index (κ3) is 3.20. The number of rotatable bonds is 2. The molecule has 156 valence electrons. The van der Waals surface area contributed by atoms with Gasteiger partial charge in [-0.25, -0.2) is 4.79 Å². The normalized spacial score (nSPS) is 17.6. The van der Waals surface area contributed by atoms with Crippen LogP contribution in [0.3, 0.4) is 0 Å². The summed E-state index contributed by atoms with van der Waals surface area (Å²) in [5, 5.41) is 12.0. The van der Waals surface area contributed by atoms with Crippen molar-refractivity contribution in [3.8, 4) is 0 Å². The Morgan fingerprint density at radius 3 is 2.17 bits per heavy atom. The lowest BCUT2D eigenvalue weighted by atomic mass is 9.73. The number of hydrogen-bond donors (Lipinski definition) is 2. The van der Waals surface area contributed by atoms with Crippen molar-refractivity contribution in [3.05, 3.63) is 64.7 Å². The van der Waals surface area contributed by atoms with E-state index in [1.807, 2.05) is 0 Å². The molecule has 0 unspecified atom stereocenters. The van der Waals surface area contributed by atoms with Gasteiger partial charge in [-0.1, -0.05) is 0 Å². The van der Waals surface area contributed by atoms with Gasteiger partial charge >= 0.3 is 12.1 Å². The second-order valence-corrected chi connectivity index (χ2v) is 7.47. The highest BCUT2D eigenvalue weighted by atomic mass is 19.4. The van der Waals surface area contributed by atoms with E-state index in [2.05, 4.69) is 5.32 Å². The van der Waals surface area contributed by atoms with Crippen molar-refractivity contribution in [2.24, 2.45) is 0 Å². The van der Waals surface area contributed by atoms with Gasteiger partial charge in [0.05, 0.1) is 16.5 Å². The number of nitrogens with one attached hydrogen (secondary N) is 1. The molecule has 2 aromatic carbocycles. The monoisotopic (exact) mass is 418 g/mol. The van der Waals surface area contributed by atoms with Gasteiger partial charge in [0, 0.05) is 24.3 Å². The molecule has 0 bridgehead atoms. The molecule has 0 aliphatic carbocycles. The van der Waals surface area contributed by atoms with Crippen LogP contribution >= 0.6 is 0 Å². The predicted molar refractivity (Wildman–Crippen MR) is 100 cm³/mol. The summed E-state index contributed by atoms with van der Waals surface area (Å²) in [6.07, 6.45) is -3.89. The van der Waals surface area contributed by atoms with Crippen LogP contribution in [-0.4, -0.2) is 40.9 Å². The molecule has 9 heteroatoms. The quantitative estimate of drug-likeness (QED) is 0.781. The molecule has 2 aromatic rings. The van der Waals surface area contributed by atoms with Crippen molar-refractivity contribution in [1.82, 2.24) is 4.90 Å². The summed E-state index contributed by atoms with van der Waals surface area (Å²) in [5.74, 6) is -1.74. The zero-order valence-corrected chi connectivity index (χ0v) is 15.6. The van der Waals surface area contributed by atoms with Gasteiger partial charge in [0.1, 0.15) is 0 Å². The fourth-order valence-corrected chi connectivity index (χ4v) is 4.12. The first kappa shape index (κ1) is 19.9. The Hall–Kier alpha value is -3.36. The summed E-state index contributed by atoms with van der Waals surface area (Å²) in [5.41, 5.74) is -0.361. The number of piperidine rings is 1. The van der Waals surface area contributed by atoms with Gasteiger partial charge < -0.3 is 15.3 Å². The van der Waals surface area contributed by atoms with Crippen molar-refractivity contribution >= 4 is 23.5 Å². The second-order valence-electron chi connectivity index (χ2n) is 7.47. The molecule has 1 fully saturated rings. The van der Waals surface area contributed by atoms with E-state index in [9.17, 15) is 32.7 Å². The number of halogens is 3. The van der Waals surface area contributed by atoms with Gasteiger partial charge in [-0.2, -0.15) is 13.2 Å². The Balaban J connectivity index is 1.53. The van der Waals surface area contributed by atoms with Crippen LogP contribution in [0, 0.1) is 0 Å². The molecule has 0 radical (unpaired) electrons. The number of aromatic carboxylic acids is 1. The number of benzene rings is 2. The molecule has 30 heavy (non-hydrogen) atoms. The van der Waals surface area contributed by atoms with Crippen molar-refractivity contribution in [2.45, 2.75) is 24.4 Å². The van der Waals surface area contributed by atoms with Crippen LogP contribution in [0.1, 0.15) is 44.7 Å². The van der Waals surface area contributed by atoms with Crippen LogP contribution in [0.15, 0.2) is 42.5 Å². The van der Waals surface area contributed by atoms with Gasteiger partial charge in [0.2, 0.25) is 5.91 Å². The van der Waals surface area contributed by atoms with Crippen LogP contribution < -0.4 is 5.32 Å². The Morgan fingerprint density at radius 2 is 1.60 bits per heavy atom. The molecule has 1 saturated heterocycles. The first-order valence-corrected chi connectivity index (χ1v) is 9.28. The molecule has 2 aliphatic rings. The molecule has 2 N–H and O–H groups in total. The molecular weight excluding hydrogens is 401 g/mol. The smallest absolute Gasteiger partial charge is 0.416 e. The van der Waals surface area contributed by atoms with Gasteiger partial charge in [-0.3, -0.25) is 9.59 Å². The van der Waals surface area contributed by atoms with Gasteiger partial charge in [-0.05, 0) is 60.9 Å². The van der Waals surface area contributed by atoms with E-state index < -0.39 is 29.0 Å². The second kappa shape index (κ2) is 6.86. The number of carboxylic acids is 1. The highest BCUT2D eigenvalue weighted by Gasteiger charge is 2.49. The third-order valence-electron chi connectivity index (χ3n) is 5.83. The maximum atomic E-state index is 12.7. The fourth-order valence-electron chi connectivity index (χ4n) is 4.12. The van der Waals surface area contributed by atoms with E-state index in [1.165, 1.54) is 17.0 Å². The van der Waals surface area contributed by atoms with E-state index in [4.69, 9.17) is 0 Å². The van der Waals surface area contributed by atoms with Crippen LogP contribution in [-0.2, 0) is 16.4 Å². The maximum absolute atomic E-state index is 12.7. The number of anilines is 1. The zero-order valence-electron chi connectivity index (χ0n) is 15.6. The standard InChI is InChI=1S/C21H17F3N2O4/c22-21(23,24)14-4-1-12(2-5-14)17(27)26-9-7-20(8-10-26)15-11-13(18(28)29)3-6-16(15)25-19(20)30/h1-6,11H,7-10H2,(H,25,30)(H,28,29). The largest absolute Gasteiger partial charge is 0.478 e. The van der Waals surface area contributed by atoms with Crippen molar-refractivity contribution < 1.29 is 32.7 Å². The maximum Gasteiger partial charge on any atom is 0.416 e. The summed E-state index contributed by atoms with van der Waals surface area (Å²) in [7, 11) is 0. The molecule has 0 atom stereocenters. The summed E-state index contributed by atoms with van der Waals surface area (Å²) in [6, 6.07) is 8.50. The van der Waals surface area contributed by atoms with Gasteiger partial charge in [0.25, 0.3) is 5.91 Å². The molecule has 2 amide bonds. The highest BCUT2D eigenvalue weighted by Crippen LogP contribution is 2.45. The summed E-state index contributed by atoms with van der Waals surface area (Å²) in [6.45, 7) is 0.452. The zero-order chi connectivity index (χ0) is 21.7. The molecule has 2 heterocycles. The molecule has 4 rings (SSSR count). The van der Waals surface area contributed by atoms with Crippen LogP contribution in [0.4, 0.5) is 18.9 Å². The Labute approximate surface area is 169 Å². The number of carbonyl (C=O) groups is 3. The van der Waals surface area contributed by atoms with Crippen LogP contribution in [0.25, 0.3) is 0 Å². The Kier molecular flexibility index (Phi) is 4.56. The number of hydrogen-bond acceptors (Lipinski definition) is 3. The first-order valence-electron chi connectivity index (χ1n) is 9.28. The minimum atomic E-state index is -4.48. The number of nitrogens with zero attached hydrogens (tertiary/aromatic N) is 1. The number of carboxylic acid groups (broad SMARTS) is 1. The molecule has 0 aromatic heterocycles. The molecule has 6 nitrogen and oxygen atoms in total. The van der Waals surface area contributed by atoms with E-state index in [0.29, 0.717) is 24.1 Å². The summed E-state index contributed by atoms with van der Waals surface area (Å²) < 4.78 is 38.1. The van der Waals surface area contributed by atoms with Gasteiger partial charge in [-0.15, -0.1) is 0 Å². The van der Waals surface area contributed by atoms with Crippen molar-refractivity contribution in [3.63, 3.8) is 0 Å². The number of amides is 2. The number of fused-ring (bicyclic) bond motifs is 2. The van der Waals surface area contributed by atoms with E-state index in [0.717, 1.165) is 24.3 Å². The SMILES string of the molecule is O=C(O)c1ccc2c(c1)C1(CCN(C(=O)c3ccc(C(F)(F)F)cc3)CC1)C(=O)N2. The number of likely N-dealkylation sites (tertiary alicyclic amines) is 1. The molecule has 0 saturated carbocycles. The summed E-state index contributed by atoms with van der Waals surface area (Å²) >= 11 is 0. The van der Waals surface area contributed by atoms with E-state index >= 15 is 0 Å². The van der Waals surface area contributed by atoms with E-state index in [1.54, 1.807) is 6.07 Å². The van der Waals surface area contributed by atoms with Crippen molar-refractivity contribution in [1.29, 1.82) is 0 Å². The Morgan fingerprint density at radius 1 is 1.00 bits per heavy atom. The molecule has 2 aliphatic heterocycles. The van der Waals surface area contributed by atoms with E-state index in [-0.39, 0.29) is 30.1 Å². The minimum absolute atomic E-state index is 0.0767. The van der Waals surface area contributed by atoms with Gasteiger partial charge in [0.15, 0.2) is 0 Å². The lowest BCUT2D eigenvalue weighted by Gasteiger charge is -2.38. The fraction of sp³-hybridized carbons (Fsp3) is 0.286. The number of alkyl halides is 3. The first-order chi connectivity index (χ1) is 14.1. The highest BCUT2D eigenvalue weighted by molar-refractivity contribution is 6.07.